The number of hydrogen-bond donors (Lipinski definition) is 2. The van der Waals surface area contributed by atoms with Gasteiger partial charge >= 0.3 is 0 Å². The van der Waals surface area contributed by atoms with Gasteiger partial charge in [-0.05, 0) is 57.3 Å². The molecule has 2 heterocycles. The van der Waals surface area contributed by atoms with Crippen molar-refractivity contribution in [2.45, 2.75) is 19.9 Å². The van der Waals surface area contributed by atoms with E-state index >= 15 is 0 Å². The largest absolute Gasteiger partial charge is 0.382 e. The summed E-state index contributed by atoms with van der Waals surface area (Å²) in [4.78, 5) is 21.3. The summed E-state index contributed by atoms with van der Waals surface area (Å²) in [5.41, 5.74) is 3.29. The van der Waals surface area contributed by atoms with Crippen LogP contribution in [0, 0.1) is 0 Å². The molecule has 1 aliphatic heterocycles. The molecule has 1 aromatic carbocycles. The lowest BCUT2D eigenvalue weighted by Crippen LogP contribution is -2.44. The van der Waals surface area contributed by atoms with Gasteiger partial charge in [-0.25, -0.2) is 4.98 Å². The first kappa shape index (κ1) is 18.2. The molecular formula is C20H27N5O. The number of likely N-dealkylation sites (N-methyl/N-ethyl adjacent to an activating group) is 1. The van der Waals surface area contributed by atoms with E-state index in [0.717, 1.165) is 37.6 Å². The van der Waals surface area contributed by atoms with Crippen molar-refractivity contribution in [1.29, 1.82) is 0 Å². The Morgan fingerprint density at radius 1 is 1.00 bits per heavy atom. The van der Waals surface area contributed by atoms with Crippen LogP contribution >= 0.6 is 0 Å². The fourth-order valence-electron chi connectivity index (χ4n) is 2.96. The molecular weight excluding hydrogens is 326 g/mol. The van der Waals surface area contributed by atoms with Gasteiger partial charge in [0.2, 0.25) is 0 Å². The Morgan fingerprint density at radius 2 is 1.65 bits per heavy atom. The molecule has 26 heavy (non-hydrogen) atoms. The van der Waals surface area contributed by atoms with Crippen molar-refractivity contribution in [3.8, 4) is 0 Å². The molecule has 0 bridgehead atoms. The summed E-state index contributed by atoms with van der Waals surface area (Å²) < 4.78 is 0. The number of piperazine rings is 1. The molecule has 1 aromatic heterocycles. The van der Waals surface area contributed by atoms with Gasteiger partial charge in [0.25, 0.3) is 5.91 Å². The van der Waals surface area contributed by atoms with Gasteiger partial charge in [0.1, 0.15) is 5.69 Å². The minimum Gasteiger partial charge on any atom is -0.382 e. The van der Waals surface area contributed by atoms with Crippen molar-refractivity contribution in [3.63, 3.8) is 0 Å². The number of nitrogens with one attached hydrogen (secondary N) is 2. The minimum atomic E-state index is -0.201. The van der Waals surface area contributed by atoms with Gasteiger partial charge < -0.3 is 20.4 Å². The van der Waals surface area contributed by atoms with E-state index < -0.39 is 0 Å². The highest BCUT2D eigenvalue weighted by Gasteiger charge is 2.14. The van der Waals surface area contributed by atoms with Crippen molar-refractivity contribution >= 4 is 23.0 Å². The van der Waals surface area contributed by atoms with E-state index in [4.69, 9.17) is 0 Å². The summed E-state index contributed by atoms with van der Waals surface area (Å²) in [6.45, 7) is 8.34. The summed E-state index contributed by atoms with van der Waals surface area (Å²) in [7, 11) is 2.15. The average Bonchev–Trinajstić information content (AvgIpc) is 2.63. The standard InChI is InChI=1S/C20H27N5O/c1-15(2)22-17-6-9-19(21-14-17)20(26)23-16-4-7-18(8-5-16)25-12-10-24(3)11-13-25/h4-9,14-15,22H,10-13H2,1-3H3,(H,23,26). The zero-order chi connectivity index (χ0) is 18.5. The van der Waals surface area contributed by atoms with Crippen LogP contribution in [0.1, 0.15) is 24.3 Å². The SMILES string of the molecule is CC(C)Nc1ccc(C(=O)Nc2ccc(N3CCN(C)CC3)cc2)nc1. The second-order valence-corrected chi connectivity index (χ2v) is 7.02. The number of benzene rings is 1. The van der Waals surface area contributed by atoms with Crippen LogP contribution in [-0.4, -0.2) is 55.1 Å². The van der Waals surface area contributed by atoms with E-state index in [2.05, 4.69) is 58.4 Å². The molecule has 1 aliphatic rings. The van der Waals surface area contributed by atoms with Crippen molar-refractivity contribution < 1.29 is 4.79 Å². The molecule has 1 fully saturated rings. The molecule has 6 heteroatoms. The zero-order valence-corrected chi connectivity index (χ0v) is 15.7. The number of anilines is 3. The summed E-state index contributed by atoms with van der Waals surface area (Å²) >= 11 is 0. The molecule has 3 rings (SSSR count). The summed E-state index contributed by atoms with van der Waals surface area (Å²) in [6.07, 6.45) is 1.69. The van der Waals surface area contributed by atoms with E-state index in [-0.39, 0.29) is 5.91 Å². The predicted octanol–water partition coefficient (Wildman–Crippen LogP) is 2.91. The van der Waals surface area contributed by atoms with Gasteiger partial charge in [-0.1, -0.05) is 0 Å². The van der Waals surface area contributed by atoms with E-state index in [1.165, 1.54) is 5.69 Å². The fraction of sp³-hybridized carbons (Fsp3) is 0.400. The molecule has 2 N–H and O–H groups in total. The lowest BCUT2D eigenvalue weighted by molar-refractivity contribution is 0.102. The van der Waals surface area contributed by atoms with Crippen LogP contribution in [0.15, 0.2) is 42.6 Å². The van der Waals surface area contributed by atoms with E-state index in [1.54, 1.807) is 12.3 Å². The predicted molar refractivity (Wildman–Crippen MR) is 107 cm³/mol. The Bertz CT molecular complexity index is 719. The van der Waals surface area contributed by atoms with Crippen molar-refractivity contribution in [2.24, 2.45) is 0 Å². The Kier molecular flexibility index (Phi) is 5.73. The number of carbonyl (C=O) groups excluding carboxylic acids is 1. The maximum atomic E-state index is 12.4. The van der Waals surface area contributed by atoms with Crippen LogP contribution in [0.25, 0.3) is 0 Å². The van der Waals surface area contributed by atoms with E-state index in [9.17, 15) is 4.79 Å². The molecule has 0 aliphatic carbocycles. The van der Waals surface area contributed by atoms with Crippen LogP contribution in [0.2, 0.25) is 0 Å². The van der Waals surface area contributed by atoms with Crippen molar-refractivity contribution in [3.05, 3.63) is 48.3 Å². The van der Waals surface area contributed by atoms with Gasteiger partial charge in [-0.15, -0.1) is 0 Å². The van der Waals surface area contributed by atoms with Gasteiger partial charge in [-0.2, -0.15) is 0 Å². The molecule has 0 saturated carbocycles. The molecule has 0 unspecified atom stereocenters. The van der Waals surface area contributed by atoms with Gasteiger partial charge in [0, 0.05) is 43.6 Å². The normalized spacial score (nSPS) is 15.2. The number of amides is 1. The van der Waals surface area contributed by atoms with Gasteiger partial charge in [0.05, 0.1) is 11.9 Å². The molecule has 0 radical (unpaired) electrons. The minimum absolute atomic E-state index is 0.201. The molecule has 0 spiro atoms. The quantitative estimate of drug-likeness (QED) is 0.865. The Labute approximate surface area is 155 Å². The van der Waals surface area contributed by atoms with Crippen molar-refractivity contribution in [1.82, 2.24) is 9.88 Å². The lowest BCUT2D eigenvalue weighted by atomic mass is 10.2. The second kappa shape index (κ2) is 8.19. The van der Waals surface area contributed by atoms with Gasteiger partial charge in [0.15, 0.2) is 0 Å². The summed E-state index contributed by atoms with van der Waals surface area (Å²) in [5, 5.41) is 6.17. The third-order valence-electron chi connectivity index (χ3n) is 4.45. The maximum absolute atomic E-state index is 12.4. The Balaban J connectivity index is 1.59. The average molecular weight is 353 g/mol. The number of aromatic nitrogens is 1. The Hall–Kier alpha value is -2.60. The lowest BCUT2D eigenvalue weighted by Gasteiger charge is -2.34. The molecule has 2 aromatic rings. The third kappa shape index (κ3) is 4.73. The number of carbonyl (C=O) groups is 1. The summed E-state index contributed by atoms with van der Waals surface area (Å²) in [5.74, 6) is -0.201. The molecule has 1 saturated heterocycles. The van der Waals surface area contributed by atoms with Crippen LogP contribution in [0.5, 0.6) is 0 Å². The molecule has 1 amide bonds. The van der Waals surface area contributed by atoms with Crippen molar-refractivity contribution in [2.75, 3.05) is 48.8 Å². The third-order valence-corrected chi connectivity index (χ3v) is 4.45. The van der Waals surface area contributed by atoms with E-state index in [1.807, 2.05) is 18.2 Å². The monoisotopic (exact) mass is 353 g/mol. The van der Waals surface area contributed by atoms with E-state index in [0.29, 0.717) is 11.7 Å². The fourth-order valence-corrected chi connectivity index (χ4v) is 2.96. The zero-order valence-electron chi connectivity index (χ0n) is 15.7. The number of nitrogens with zero attached hydrogens (tertiary/aromatic N) is 3. The van der Waals surface area contributed by atoms with Crippen LogP contribution in [-0.2, 0) is 0 Å². The maximum Gasteiger partial charge on any atom is 0.274 e. The molecule has 0 atom stereocenters. The highest BCUT2D eigenvalue weighted by molar-refractivity contribution is 6.03. The van der Waals surface area contributed by atoms with Crippen LogP contribution in [0.3, 0.4) is 0 Å². The number of rotatable bonds is 5. The smallest absolute Gasteiger partial charge is 0.274 e. The van der Waals surface area contributed by atoms with Crippen LogP contribution < -0.4 is 15.5 Å². The molecule has 138 valence electrons. The highest BCUT2D eigenvalue weighted by Crippen LogP contribution is 2.20. The first-order valence-electron chi connectivity index (χ1n) is 9.09. The first-order valence-corrected chi connectivity index (χ1v) is 9.09. The first-order chi connectivity index (χ1) is 12.5. The topological polar surface area (TPSA) is 60.5 Å². The second-order valence-electron chi connectivity index (χ2n) is 7.02. The molecule has 6 nitrogen and oxygen atoms in total. The van der Waals surface area contributed by atoms with Gasteiger partial charge in [-0.3, -0.25) is 4.79 Å². The Morgan fingerprint density at radius 3 is 2.23 bits per heavy atom. The summed E-state index contributed by atoms with van der Waals surface area (Å²) in [6, 6.07) is 11.9. The van der Waals surface area contributed by atoms with Crippen LogP contribution in [0.4, 0.5) is 17.1 Å². The number of hydrogen-bond acceptors (Lipinski definition) is 5. The highest BCUT2D eigenvalue weighted by atomic mass is 16.1. The number of pyridine rings is 1.